The zero-order chi connectivity index (χ0) is 17.4. The van der Waals surface area contributed by atoms with Gasteiger partial charge in [0.25, 0.3) is 0 Å². The number of nitrogens with zero attached hydrogens (tertiary/aromatic N) is 3. The Morgan fingerprint density at radius 1 is 1.28 bits per heavy atom. The fourth-order valence-corrected chi connectivity index (χ4v) is 4.47. The van der Waals surface area contributed by atoms with E-state index in [1.165, 1.54) is 11.1 Å². The van der Waals surface area contributed by atoms with Crippen molar-refractivity contribution in [3.05, 3.63) is 47.1 Å². The van der Waals surface area contributed by atoms with Crippen LogP contribution in [0.1, 0.15) is 49.5 Å². The molecule has 5 heteroatoms. The summed E-state index contributed by atoms with van der Waals surface area (Å²) in [5, 5.41) is 14.9. The molecule has 2 aromatic rings. The molecule has 0 saturated carbocycles. The van der Waals surface area contributed by atoms with Gasteiger partial charge in [-0.25, -0.2) is 0 Å². The van der Waals surface area contributed by atoms with E-state index >= 15 is 0 Å². The molecule has 1 spiro atoms. The van der Waals surface area contributed by atoms with Gasteiger partial charge >= 0.3 is 0 Å². The minimum atomic E-state index is -0.255. The minimum Gasteiger partial charge on any atom is -0.392 e. The van der Waals surface area contributed by atoms with Crippen LogP contribution in [0.5, 0.6) is 0 Å². The van der Waals surface area contributed by atoms with Gasteiger partial charge in [-0.15, -0.1) is 0 Å². The molecule has 5 nitrogen and oxygen atoms in total. The van der Waals surface area contributed by atoms with Crippen LogP contribution in [0, 0.1) is 5.92 Å². The fraction of sp³-hybridized carbons (Fsp3) is 0.600. The number of hydrogen-bond acceptors (Lipinski definition) is 5. The van der Waals surface area contributed by atoms with Gasteiger partial charge < -0.3 is 9.63 Å². The van der Waals surface area contributed by atoms with Crippen LogP contribution in [0.3, 0.4) is 0 Å². The number of rotatable bonds is 4. The van der Waals surface area contributed by atoms with Gasteiger partial charge in [0, 0.05) is 11.8 Å². The molecule has 2 heterocycles. The molecule has 0 radical (unpaired) electrons. The molecule has 2 aliphatic rings. The van der Waals surface area contributed by atoms with E-state index in [-0.39, 0.29) is 11.5 Å². The number of piperidine rings is 1. The van der Waals surface area contributed by atoms with Crippen molar-refractivity contribution in [2.24, 2.45) is 5.92 Å². The SMILES string of the molecule is CC(C)Cc1nc(CN2CCC3(CC2)c2ccccc2C[C@H]3O)no1. The zero-order valence-electron chi connectivity index (χ0n) is 15.1. The van der Waals surface area contributed by atoms with Crippen LogP contribution in [0.2, 0.25) is 0 Å². The quantitative estimate of drug-likeness (QED) is 0.926. The number of hydrogen-bond donors (Lipinski definition) is 1. The monoisotopic (exact) mass is 341 g/mol. The standard InChI is InChI=1S/C20H27N3O2/c1-14(2)11-19-21-18(22-25-19)13-23-9-7-20(8-10-23)16-6-4-3-5-15(16)12-17(20)24/h3-6,14,17,24H,7-13H2,1-2H3/t17-/m1/s1. The van der Waals surface area contributed by atoms with Crippen molar-refractivity contribution >= 4 is 0 Å². The molecule has 1 aliphatic heterocycles. The molecule has 1 saturated heterocycles. The van der Waals surface area contributed by atoms with E-state index in [0.29, 0.717) is 5.92 Å². The van der Waals surface area contributed by atoms with Gasteiger partial charge in [0.1, 0.15) is 0 Å². The zero-order valence-corrected chi connectivity index (χ0v) is 15.1. The lowest BCUT2D eigenvalue weighted by Gasteiger charge is -2.41. The Kier molecular flexibility index (Phi) is 4.38. The predicted octanol–water partition coefficient (Wildman–Crippen LogP) is 2.72. The van der Waals surface area contributed by atoms with Crippen molar-refractivity contribution in [1.29, 1.82) is 0 Å². The van der Waals surface area contributed by atoms with Gasteiger partial charge in [0.2, 0.25) is 5.89 Å². The summed E-state index contributed by atoms with van der Waals surface area (Å²) in [6, 6.07) is 8.54. The maximum Gasteiger partial charge on any atom is 0.226 e. The van der Waals surface area contributed by atoms with E-state index in [9.17, 15) is 5.11 Å². The fourth-order valence-electron chi connectivity index (χ4n) is 4.47. The average molecular weight is 341 g/mol. The molecule has 1 atom stereocenters. The van der Waals surface area contributed by atoms with E-state index in [2.05, 4.69) is 53.2 Å². The van der Waals surface area contributed by atoms with Crippen LogP contribution in [0.15, 0.2) is 28.8 Å². The van der Waals surface area contributed by atoms with Crippen LogP contribution in [0.25, 0.3) is 0 Å². The van der Waals surface area contributed by atoms with E-state index in [4.69, 9.17) is 4.52 Å². The number of aromatic nitrogens is 2. The maximum atomic E-state index is 10.7. The first-order valence-corrected chi connectivity index (χ1v) is 9.37. The van der Waals surface area contributed by atoms with Gasteiger partial charge in [0.15, 0.2) is 5.82 Å². The van der Waals surface area contributed by atoms with E-state index in [1.54, 1.807) is 0 Å². The molecule has 134 valence electrons. The number of aliphatic hydroxyl groups is 1. The third-order valence-electron chi connectivity index (χ3n) is 5.81. The Morgan fingerprint density at radius 2 is 2.04 bits per heavy atom. The summed E-state index contributed by atoms with van der Waals surface area (Å²) in [5.74, 6) is 2.03. The van der Waals surface area contributed by atoms with Gasteiger partial charge in [-0.3, -0.25) is 4.90 Å². The summed E-state index contributed by atoms with van der Waals surface area (Å²) in [4.78, 5) is 6.89. The Balaban J connectivity index is 1.41. The number of benzene rings is 1. The first-order chi connectivity index (χ1) is 12.1. The molecule has 1 aromatic carbocycles. The maximum absolute atomic E-state index is 10.7. The lowest BCUT2D eigenvalue weighted by molar-refractivity contribution is 0.0405. The molecule has 25 heavy (non-hydrogen) atoms. The predicted molar refractivity (Wildman–Crippen MR) is 95.2 cm³/mol. The molecular formula is C20H27N3O2. The Morgan fingerprint density at radius 3 is 2.80 bits per heavy atom. The highest BCUT2D eigenvalue weighted by molar-refractivity contribution is 5.42. The summed E-state index contributed by atoms with van der Waals surface area (Å²) in [7, 11) is 0. The van der Waals surface area contributed by atoms with Crippen molar-refractivity contribution < 1.29 is 9.63 Å². The first-order valence-electron chi connectivity index (χ1n) is 9.37. The summed E-state index contributed by atoms with van der Waals surface area (Å²) < 4.78 is 5.35. The summed E-state index contributed by atoms with van der Waals surface area (Å²) in [6.45, 7) is 6.95. The molecule has 0 unspecified atom stereocenters. The van der Waals surface area contributed by atoms with E-state index < -0.39 is 0 Å². The van der Waals surface area contributed by atoms with Crippen molar-refractivity contribution in [3.8, 4) is 0 Å². The summed E-state index contributed by atoms with van der Waals surface area (Å²) in [6.07, 6.45) is 3.34. The average Bonchev–Trinajstić information content (AvgIpc) is 3.12. The molecule has 1 aliphatic carbocycles. The molecule has 0 amide bonds. The number of likely N-dealkylation sites (tertiary alicyclic amines) is 1. The van der Waals surface area contributed by atoms with Gasteiger partial charge in [0.05, 0.1) is 12.6 Å². The van der Waals surface area contributed by atoms with Gasteiger partial charge in [-0.1, -0.05) is 43.3 Å². The second-order valence-electron chi connectivity index (χ2n) is 8.01. The second-order valence-corrected chi connectivity index (χ2v) is 8.01. The Labute approximate surface area is 149 Å². The highest BCUT2D eigenvalue weighted by atomic mass is 16.5. The third kappa shape index (κ3) is 3.11. The van der Waals surface area contributed by atoms with Crippen LogP contribution >= 0.6 is 0 Å². The van der Waals surface area contributed by atoms with Crippen molar-refractivity contribution in [2.45, 2.75) is 57.6 Å². The third-order valence-corrected chi connectivity index (χ3v) is 5.81. The lowest BCUT2D eigenvalue weighted by Crippen LogP contribution is -2.47. The van der Waals surface area contributed by atoms with Crippen LogP contribution in [0.4, 0.5) is 0 Å². The Hall–Kier alpha value is -1.72. The van der Waals surface area contributed by atoms with E-state index in [0.717, 1.165) is 57.0 Å². The molecule has 1 aromatic heterocycles. The highest BCUT2D eigenvalue weighted by Gasteiger charge is 2.47. The van der Waals surface area contributed by atoms with Crippen LogP contribution in [-0.4, -0.2) is 39.3 Å². The molecular weight excluding hydrogens is 314 g/mol. The normalized spacial score (nSPS) is 22.6. The van der Waals surface area contributed by atoms with Crippen molar-refractivity contribution in [3.63, 3.8) is 0 Å². The topological polar surface area (TPSA) is 62.4 Å². The minimum absolute atomic E-state index is 0.0624. The highest BCUT2D eigenvalue weighted by Crippen LogP contribution is 2.46. The van der Waals surface area contributed by atoms with E-state index in [1.807, 2.05) is 0 Å². The molecule has 1 N–H and O–H groups in total. The van der Waals surface area contributed by atoms with Gasteiger partial charge in [-0.2, -0.15) is 4.98 Å². The van der Waals surface area contributed by atoms with Gasteiger partial charge in [-0.05, 0) is 49.4 Å². The molecule has 1 fully saturated rings. The smallest absolute Gasteiger partial charge is 0.226 e. The second kappa shape index (κ2) is 6.54. The van der Waals surface area contributed by atoms with Crippen LogP contribution < -0.4 is 0 Å². The summed E-state index contributed by atoms with van der Waals surface area (Å²) in [5.41, 5.74) is 2.62. The van der Waals surface area contributed by atoms with Crippen molar-refractivity contribution in [2.75, 3.05) is 13.1 Å². The van der Waals surface area contributed by atoms with Crippen LogP contribution in [-0.2, 0) is 24.8 Å². The molecule has 0 bridgehead atoms. The summed E-state index contributed by atoms with van der Waals surface area (Å²) >= 11 is 0. The Bertz CT molecular complexity index is 732. The number of aliphatic hydroxyl groups excluding tert-OH is 1. The first kappa shape index (κ1) is 16.7. The lowest BCUT2D eigenvalue weighted by atomic mass is 9.72. The molecule has 4 rings (SSSR count). The van der Waals surface area contributed by atoms with Crippen molar-refractivity contribution in [1.82, 2.24) is 15.0 Å². The number of fused-ring (bicyclic) bond motifs is 2. The largest absolute Gasteiger partial charge is 0.392 e.